The van der Waals surface area contributed by atoms with Crippen LogP contribution in [0.3, 0.4) is 0 Å². The van der Waals surface area contributed by atoms with Crippen LogP contribution in [0.5, 0.6) is 5.88 Å². The highest BCUT2D eigenvalue weighted by Crippen LogP contribution is 2.24. The number of nitrogens with zero attached hydrogens (tertiary/aromatic N) is 2. The quantitative estimate of drug-likeness (QED) is 0.617. The average Bonchev–Trinajstić information content (AvgIpc) is 2.56. The van der Waals surface area contributed by atoms with E-state index in [-0.39, 0.29) is 12.6 Å². The van der Waals surface area contributed by atoms with E-state index in [1.54, 1.807) is 37.4 Å². The van der Waals surface area contributed by atoms with Gasteiger partial charge in [0.1, 0.15) is 0 Å². The second-order valence-electron chi connectivity index (χ2n) is 4.26. The molecule has 2 rings (SSSR count). The van der Waals surface area contributed by atoms with E-state index in [0.29, 0.717) is 28.5 Å². The van der Waals surface area contributed by atoms with Gasteiger partial charge >= 0.3 is 5.97 Å². The molecule has 0 saturated heterocycles. The topological polar surface area (TPSA) is 73.3 Å². The lowest BCUT2D eigenvalue weighted by Gasteiger charge is -2.08. The minimum absolute atomic E-state index is 0.114. The Morgan fingerprint density at radius 1 is 1.39 bits per heavy atom. The van der Waals surface area contributed by atoms with Gasteiger partial charge in [-0.3, -0.25) is 0 Å². The summed E-state index contributed by atoms with van der Waals surface area (Å²) in [5.41, 5.74) is 1.20. The lowest BCUT2D eigenvalue weighted by Crippen LogP contribution is -2.05. The Hall–Kier alpha value is -2.59. The molecule has 0 aliphatic rings. The number of hydrogen-bond acceptors (Lipinski definition) is 6. The predicted octanol–water partition coefficient (Wildman–Crippen LogP) is 3.17. The standard InChI is InChI=1S/C16H14BrN3O3/c1-3-9-23-14-13(17)10-18-16(20-14)19-12-7-5-11(6-8-12)15(21)22-4-2/h1,5-8,10H,4,9H2,2H3,(H,18,19,20). The predicted molar refractivity (Wildman–Crippen MR) is 89.7 cm³/mol. The molecule has 7 heteroatoms. The molecule has 1 aromatic carbocycles. The fourth-order valence-electron chi connectivity index (χ4n) is 1.66. The second-order valence-corrected chi connectivity index (χ2v) is 5.12. The summed E-state index contributed by atoms with van der Waals surface area (Å²) >= 11 is 3.29. The van der Waals surface area contributed by atoms with Crippen molar-refractivity contribution in [2.24, 2.45) is 0 Å². The molecular formula is C16H14BrN3O3. The fourth-order valence-corrected chi connectivity index (χ4v) is 1.96. The van der Waals surface area contributed by atoms with E-state index in [9.17, 15) is 4.79 Å². The van der Waals surface area contributed by atoms with Crippen molar-refractivity contribution in [2.45, 2.75) is 6.92 Å². The number of hydrogen-bond donors (Lipinski definition) is 1. The number of ether oxygens (including phenoxy) is 2. The number of rotatable bonds is 6. The van der Waals surface area contributed by atoms with E-state index >= 15 is 0 Å². The van der Waals surface area contributed by atoms with Gasteiger partial charge in [0.2, 0.25) is 11.8 Å². The third kappa shape index (κ3) is 4.69. The Kier molecular flexibility index (Phi) is 5.94. The van der Waals surface area contributed by atoms with Crippen molar-refractivity contribution in [3.8, 4) is 18.2 Å². The van der Waals surface area contributed by atoms with Crippen molar-refractivity contribution in [3.63, 3.8) is 0 Å². The lowest BCUT2D eigenvalue weighted by molar-refractivity contribution is 0.0526. The molecular weight excluding hydrogens is 362 g/mol. The maximum absolute atomic E-state index is 11.6. The summed E-state index contributed by atoms with van der Waals surface area (Å²) in [6.45, 7) is 2.22. The third-order valence-electron chi connectivity index (χ3n) is 2.66. The molecule has 0 aliphatic heterocycles. The maximum atomic E-state index is 11.6. The molecule has 118 valence electrons. The van der Waals surface area contributed by atoms with E-state index in [0.717, 1.165) is 5.69 Å². The molecule has 1 N–H and O–H groups in total. The number of benzene rings is 1. The highest BCUT2D eigenvalue weighted by molar-refractivity contribution is 9.10. The smallest absolute Gasteiger partial charge is 0.338 e. The number of aromatic nitrogens is 2. The largest absolute Gasteiger partial charge is 0.464 e. The highest BCUT2D eigenvalue weighted by Gasteiger charge is 2.08. The van der Waals surface area contributed by atoms with Gasteiger partial charge in [-0.2, -0.15) is 4.98 Å². The third-order valence-corrected chi connectivity index (χ3v) is 3.20. The normalized spacial score (nSPS) is 9.78. The minimum atomic E-state index is -0.357. The molecule has 6 nitrogen and oxygen atoms in total. The van der Waals surface area contributed by atoms with Gasteiger partial charge < -0.3 is 14.8 Å². The zero-order valence-corrected chi connectivity index (χ0v) is 14.0. The molecule has 2 aromatic rings. The van der Waals surface area contributed by atoms with Crippen LogP contribution in [0.1, 0.15) is 17.3 Å². The Morgan fingerprint density at radius 2 is 2.13 bits per heavy atom. The molecule has 0 atom stereocenters. The summed E-state index contributed by atoms with van der Waals surface area (Å²) in [4.78, 5) is 19.9. The van der Waals surface area contributed by atoms with Crippen LogP contribution in [0.15, 0.2) is 34.9 Å². The Labute approximate surface area is 142 Å². The first kappa shape index (κ1) is 16.8. The van der Waals surface area contributed by atoms with Crippen molar-refractivity contribution < 1.29 is 14.3 Å². The molecule has 0 saturated carbocycles. The van der Waals surface area contributed by atoms with Crippen molar-refractivity contribution >= 4 is 33.5 Å². The first-order valence-electron chi connectivity index (χ1n) is 6.77. The van der Waals surface area contributed by atoms with Crippen LogP contribution in [-0.4, -0.2) is 29.2 Å². The number of carbonyl (C=O) groups is 1. The Morgan fingerprint density at radius 3 is 2.78 bits per heavy atom. The van der Waals surface area contributed by atoms with Crippen LogP contribution < -0.4 is 10.1 Å². The molecule has 0 amide bonds. The summed E-state index contributed by atoms with van der Waals surface area (Å²) in [6, 6.07) is 6.79. The average molecular weight is 376 g/mol. The van der Waals surface area contributed by atoms with Crippen molar-refractivity contribution in [2.75, 3.05) is 18.5 Å². The zero-order valence-electron chi connectivity index (χ0n) is 12.4. The van der Waals surface area contributed by atoms with Crippen LogP contribution >= 0.6 is 15.9 Å². The molecule has 0 bridgehead atoms. The number of nitrogens with one attached hydrogen (secondary N) is 1. The summed E-state index contributed by atoms with van der Waals surface area (Å²) < 4.78 is 10.8. The zero-order chi connectivity index (χ0) is 16.7. The highest BCUT2D eigenvalue weighted by atomic mass is 79.9. The SMILES string of the molecule is C#CCOc1nc(Nc2ccc(C(=O)OCC)cc2)ncc1Br. The first-order chi connectivity index (χ1) is 11.1. The van der Waals surface area contributed by atoms with Crippen molar-refractivity contribution in [3.05, 3.63) is 40.5 Å². The van der Waals surface area contributed by atoms with Gasteiger partial charge in [-0.1, -0.05) is 5.92 Å². The monoisotopic (exact) mass is 375 g/mol. The Bertz CT molecular complexity index is 726. The van der Waals surface area contributed by atoms with E-state index in [2.05, 4.69) is 37.1 Å². The van der Waals surface area contributed by atoms with Gasteiger partial charge in [-0.05, 0) is 47.1 Å². The Balaban J connectivity index is 2.10. The van der Waals surface area contributed by atoms with Gasteiger partial charge in [-0.25, -0.2) is 9.78 Å². The van der Waals surface area contributed by atoms with E-state index in [4.69, 9.17) is 15.9 Å². The number of esters is 1. The molecule has 0 aliphatic carbocycles. The molecule has 0 spiro atoms. The molecule has 0 fully saturated rings. The minimum Gasteiger partial charge on any atom is -0.464 e. The number of anilines is 2. The summed E-state index contributed by atoms with van der Waals surface area (Å²) in [6.07, 6.45) is 6.72. The molecule has 23 heavy (non-hydrogen) atoms. The molecule has 0 unspecified atom stereocenters. The lowest BCUT2D eigenvalue weighted by atomic mass is 10.2. The number of carbonyl (C=O) groups excluding carboxylic acids is 1. The number of halogens is 1. The van der Waals surface area contributed by atoms with Crippen LogP contribution in [0.4, 0.5) is 11.6 Å². The van der Waals surface area contributed by atoms with E-state index < -0.39 is 0 Å². The van der Waals surface area contributed by atoms with Gasteiger partial charge in [0, 0.05) is 5.69 Å². The van der Waals surface area contributed by atoms with Gasteiger partial charge in [0.25, 0.3) is 0 Å². The van der Waals surface area contributed by atoms with Crippen LogP contribution in [-0.2, 0) is 4.74 Å². The van der Waals surface area contributed by atoms with Crippen molar-refractivity contribution in [1.82, 2.24) is 9.97 Å². The van der Waals surface area contributed by atoms with Crippen molar-refractivity contribution in [1.29, 1.82) is 0 Å². The van der Waals surface area contributed by atoms with E-state index in [1.165, 1.54) is 0 Å². The molecule has 1 heterocycles. The molecule has 1 aromatic heterocycles. The van der Waals surface area contributed by atoms with Crippen LogP contribution in [0.25, 0.3) is 0 Å². The fraction of sp³-hybridized carbons (Fsp3) is 0.188. The molecule has 0 radical (unpaired) electrons. The van der Waals surface area contributed by atoms with E-state index in [1.807, 2.05) is 0 Å². The number of terminal acetylenes is 1. The summed E-state index contributed by atoms with van der Waals surface area (Å²) in [5, 5.41) is 3.02. The van der Waals surface area contributed by atoms with Gasteiger partial charge in [-0.15, -0.1) is 6.42 Å². The second kappa shape index (κ2) is 8.15. The van der Waals surface area contributed by atoms with Gasteiger partial charge in [0.15, 0.2) is 6.61 Å². The van der Waals surface area contributed by atoms with Gasteiger partial charge in [0.05, 0.1) is 22.8 Å². The first-order valence-corrected chi connectivity index (χ1v) is 7.56. The summed E-state index contributed by atoms with van der Waals surface area (Å²) in [7, 11) is 0. The van der Waals surface area contributed by atoms with Crippen LogP contribution in [0.2, 0.25) is 0 Å². The summed E-state index contributed by atoms with van der Waals surface area (Å²) in [5.74, 6) is 2.72. The maximum Gasteiger partial charge on any atom is 0.338 e. The van der Waals surface area contributed by atoms with Crippen LogP contribution in [0, 0.1) is 12.3 Å².